The molecule has 59 valence electrons. The highest BCUT2D eigenvalue weighted by molar-refractivity contribution is 6.63. The first kappa shape index (κ1) is 8.29. The largest absolute Gasteiger partial charge is 0.519 e. The molecule has 0 heterocycles. The van der Waals surface area contributed by atoms with Crippen LogP contribution in [0.1, 0.15) is 0 Å². The Morgan fingerprint density at radius 1 is 1.18 bits per heavy atom. The third-order valence-electron chi connectivity index (χ3n) is 1.11. The molecule has 0 saturated carbocycles. The summed E-state index contributed by atoms with van der Waals surface area (Å²) in [6.07, 6.45) is 0. The van der Waals surface area contributed by atoms with Crippen LogP contribution in [-0.4, -0.2) is 8.56 Å². The van der Waals surface area contributed by atoms with E-state index in [2.05, 4.69) is 0 Å². The summed E-state index contributed by atoms with van der Waals surface area (Å²) < 4.78 is 5.18. The fraction of sp³-hybridized carbons (Fsp3) is 0.250. The monoisotopic (exact) mass is 167 g/mol. The molecular formula is C8H11O2Si. The van der Waals surface area contributed by atoms with Gasteiger partial charge in [0.1, 0.15) is 5.75 Å². The number of hydrogen-bond acceptors (Lipinski definition) is 1. The summed E-state index contributed by atoms with van der Waals surface area (Å²) in [5, 5.41) is 0. The van der Waals surface area contributed by atoms with Gasteiger partial charge in [-0.1, -0.05) is 18.2 Å². The van der Waals surface area contributed by atoms with Crippen LogP contribution in [0.3, 0.4) is 0 Å². The first-order chi connectivity index (χ1) is 5.08. The van der Waals surface area contributed by atoms with Gasteiger partial charge in [0, 0.05) is 0 Å². The average molecular weight is 167 g/mol. The minimum absolute atomic E-state index is 0.680. The summed E-state index contributed by atoms with van der Waals surface area (Å²) in [6.45, 7) is 3.25. The van der Waals surface area contributed by atoms with Crippen LogP contribution in [0.4, 0.5) is 0 Å². The van der Waals surface area contributed by atoms with Crippen molar-refractivity contribution in [3.8, 4) is 5.75 Å². The van der Waals surface area contributed by atoms with Gasteiger partial charge in [-0.2, -0.15) is 0 Å². The van der Waals surface area contributed by atoms with E-state index < -0.39 is 8.56 Å². The molecule has 0 amide bonds. The molecular weight excluding hydrogens is 156 g/mol. The second kappa shape index (κ2) is 3.07. The summed E-state index contributed by atoms with van der Waals surface area (Å²) in [6, 6.07) is 9.20. The van der Waals surface area contributed by atoms with E-state index >= 15 is 0 Å². The van der Waals surface area contributed by atoms with Crippen molar-refractivity contribution in [3.63, 3.8) is 0 Å². The van der Waals surface area contributed by atoms with Crippen LogP contribution < -0.4 is 4.43 Å². The molecule has 0 aliphatic heterocycles. The van der Waals surface area contributed by atoms with Gasteiger partial charge in [0.05, 0.1) is 0 Å². The SMILES string of the molecule is C[Si](C)([O])Oc1ccccc1. The molecule has 0 atom stereocenters. The predicted octanol–water partition coefficient (Wildman–Crippen LogP) is 2.20. The zero-order chi connectivity index (χ0) is 8.32. The summed E-state index contributed by atoms with van der Waals surface area (Å²) in [5.74, 6) is 0.680. The van der Waals surface area contributed by atoms with Crippen molar-refractivity contribution in [3.05, 3.63) is 30.3 Å². The Hall–Kier alpha value is -0.803. The van der Waals surface area contributed by atoms with Crippen LogP contribution in [0, 0.1) is 0 Å². The molecule has 3 heteroatoms. The normalized spacial score (nSPS) is 11.2. The van der Waals surface area contributed by atoms with E-state index in [1.165, 1.54) is 0 Å². The molecule has 0 unspecified atom stereocenters. The lowest BCUT2D eigenvalue weighted by atomic mass is 10.3. The van der Waals surface area contributed by atoms with Gasteiger partial charge in [-0.05, 0) is 25.2 Å². The van der Waals surface area contributed by atoms with Crippen molar-refractivity contribution < 1.29 is 9.22 Å². The maximum absolute atomic E-state index is 11.2. The molecule has 1 rings (SSSR count). The Bertz CT molecular complexity index is 215. The maximum atomic E-state index is 11.2. The molecule has 2 nitrogen and oxygen atoms in total. The smallest absolute Gasteiger partial charge is 0.424 e. The van der Waals surface area contributed by atoms with Gasteiger partial charge in [0.15, 0.2) is 0 Å². The van der Waals surface area contributed by atoms with E-state index in [9.17, 15) is 4.80 Å². The molecule has 0 aromatic heterocycles. The molecule has 1 aromatic rings. The predicted molar refractivity (Wildman–Crippen MR) is 45.2 cm³/mol. The van der Waals surface area contributed by atoms with Crippen molar-refractivity contribution in [2.75, 3.05) is 0 Å². The van der Waals surface area contributed by atoms with Gasteiger partial charge in [0.2, 0.25) is 0 Å². The number of para-hydroxylation sites is 1. The molecule has 1 aromatic carbocycles. The Morgan fingerprint density at radius 2 is 1.73 bits per heavy atom. The van der Waals surface area contributed by atoms with E-state index in [1.807, 2.05) is 18.2 Å². The number of hydrogen-bond donors (Lipinski definition) is 0. The Kier molecular flexibility index (Phi) is 2.31. The topological polar surface area (TPSA) is 29.1 Å². The van der Waals surface area contributed by atoms with Crippen LogP contribution in [-0.2, 0) is 4.80 Å². The Morgan fingerprint density at radius 3 is 2.18 bits per heavy atom. The second-order valence-corrected chi connectivity index (χ2v) is 5.82. The fourth-order valence-electron chi connectivity index (χ4n) is 0.772. The Labute approximate surface area is 67.7 Å². The minimum atomic E-state index is -2.65. The van der Waals surface area contributed by atoms with E-state index in [1.54, 1.807) is 25.2 Å². The van der Waals surface area contributed by atoms with Crippen molar-refractivity contribution >= 4 is 8.56 Å². The average Bonchev–Trinajstić information content (AvgIpc) is 1.85. The van der Waals surface area contributed by atoms with Gasteiger partial charge in [-0.3, -0.25) is 0 Å². The van der Waals surface area contributed by atoms with Crippen LogP contribution in [0.15, 0.2) is 30.3 Å². The lowest BCUT2D eigenvalue weighted by Crippen LogP contribution is -2.31. The summed E-state index contributed by atoms with van der Waals surface area (Å²) in [7, 11) is -2.65. The lowest BCUT2D eigenvalue weighted by Gasteiger charge is -2.13. The van der Waals surface area contributed by atoms with Crippen molar-refractivity contribution in [2.24, 2.45) is 0 Å². The van der Waals surface area contributed by atoms with Crippen LogP contribution in [0.2, 0.25) is 13.1 Å². The molecule has 0 saturated heterocycles. The van der Waals surface area contributed by atoms with Gasteiger partial charge in [-0.25, -0.2) is 4.80 Å². The van der Waals surface area contributed by atoms with Crippen LogP contribution in [0.5, 0.6) is 5.75 Å². The highest BCUT2D eigenvalue weighted by Crippen LogP contribution is 2.12. The van der Waals surface area contributed by atoms with E-state index in [0.29, 0.717) is 5.75 Å². The van der Waals surface area contributed by atoms with Gasteiger partial charge in [0.25, 0.3) is 0 Å². The fourth-order valence-corrected chi connectivity index (χ4v) is 1.48. The highest BCUT2D eigenvalue weighted by atomic mass is 28.4. The third kappa shape index (κ3) is 3.20. The molecule has 0 aliphatic carbocycles. The van der Waals surface area contributed by atoms with Crippen molar-refractivity contribution in [1.29, 1.82) is 0 Å². The molecule has 1 radical (unpaired) electrons. The van der Waals surface area contributed by atoms with Gasteiger partial charge in [-0.15, -0.1) is 0 Å². The maximum Gasteiger partial charge on any atom is 0.424 e. The summed E-state index contributed by atoms with van der Waals surface area (Å²) in [5.41, 5.74) is 0. The summed E-state index contributed by atoms with van der Waals surface area (Å²) in [4.78, 5) is 11.2. The van der Waals surface area contributed by atoms with Crippen LogP contribution >= 0.6 is 0 Å². The molecule has 0 aliphatic rings. The first-order valence-corrected chi connectivity index (χ1v) is 6.34. The van der Waals surface area contributed by atoms with Gasteiger partial charge >= 0.3 is 8.56 Å². The molecule has 0 spiro atoms. The van der Waals surface area contributed by atoms with Crippen molar-refractivity contribution in [2.45, 2.75) is 13.1 Å². The molecule has 0 N–H and O–H groups in total. The lowest BCUT2D eigenvalue weighted by molar-refractivity contribution is 0.321. The number of benzene rings is 1. The zero-order valence-corrected chi connectivity index (χ0v) is 7.70. The molecule has 0 fully saturated rings. The second-order valence-electron chi connectivity index (χ2n) is 2.81. The number of rotatable bonds is 2. The highest BCUT2D eigenvalue weighted by Gasteiger charge is 2.22. The minimum Gasteiger partial charge on any atom is -0.519 e. The zero-order valence-electron chi connectivity index (χ0n) is 6.70. The van der Waals surface area contributed by atoms with Crippen molar-refractivity contribution in [1.82, 2.24) is 0 Å². The quantitative estimate of drug-likeness (QED) is 0.621. The van der Waals surface area contributed by atoms with E-state index in [0.717, 1.165) is 0 Å². The first-order valence-electron chi connectivity index (χ1n) is 3.52. The van der Waals surface area contributed by atoms with E-state index in [-0.39, 0.29) is 0 Å². The molecule has 0 bridgehead atoms. The van der Waals surface area contributed by atoms with Gasteiger partial charge < -0.3 is 4.43 Å². The Balaban J connectivity index is 2.66. The molecule has 11 heavy (non-hydrogen) atoms. The third-order valence-corrected chi connectivity index (χ3v) is 1.83. The summed E-state index contributed by atoms with van der Waals surface area (Å²) >= 11 is 0. The van der Waals surface area contributed by atoms with E-state index in [4.69, 9.17) is 4.43 Å². The standard InChI is InChI=1S/C8H11O2Si/c1-11(2,9)10-8-6-4-3-5-7-8/h3-7H,1-2H3. The van der Waals surface area contributed by atoms with Crippen LogP contribution in [0.25, 0.3) is 0 Å².